The van der Waals surface area contributed by atoms with Crippen LogP contribution >= 0.6 is 11.8 Å². The summed E-state index contributed by atoms with van der Waals surface area (Å²) in [5.41, 5.74) is 0. The van der Waals surface area contributed by atoms with Crippen molar-refractivity contribution in [1.29, 1.82) is 0 Å². The number of ketones is 1. The molecule has 1 saturated heterocycles. The first-order chi connectivity index (χ1) is 6.86. The monoisotopic (exact) mass is 242 g/mol. The molecule has 0 saturated carbocycles. The summed E-state index contributed by atoms with van der Waals surface area (Å²) < 4.78 is 41.2. The Labute approximate surface area is 88.3 Å². The topological polar surface area (TPSA) is 43.4 Å². The number of Topliss-reactive ketones (excluding diaryl/α,β-unsaturated/α-hetero) is 1. The van der Waals surface area contributed by atoms with Crippen molar-refractivity contribution in [2.24, 2.45) is 0 Å². The maximum absolute atomic E-state index is 12.2. The molecule has 2 atom stereocenters. The number of carbonyl (C=O) groups excluding carboxylic acids is 2. The smallest absolute Gasteiger partial charge is 0.401 e. The molecule has 1 heterocycles. The second kappa shape index (κ2) is 4.42. The highest BCUT2D eigenvalue weighted by atomic mass is 32.2. The van der Waals surface area contributed by atoms with Crippen molar-refractivity contribution in [1.82, 2.24) is 0 Å². The van der Waals surface area contributed by atoms with E-state index in [-0.39, 0.29) is 6.61 Å². The number of hydrogen-bond donors (Lipinski definition) is 0. The zero-order valence-corrected chi connectivity index (χ0v) is 8.65. The molecule has 1 fully saturated rings. The van der Waals surface area contributed by atoms with Crippen LogP contribution in [0.4, 0.5) is 13.2 Å². The molecule has 0 N–H and O–H groups in total. The van der Waals surface area contributed by atoms with Crippen molar-refractivity contribution in [2.45, 2.75) is 30.0 Å². The predicted octanol–water partition coefficient (Wildman–Crippen LogP) is 1.55. The Bertz CT molecular complexity index is 277. The van der Waals surface area contributed by atoms with Gasteiger partial charge in [-0.1, -0.05) is 0 Å². The summed E-state index contributed by atoms with van der Waals surface area (Å²) in [5, 5.41) is -3.09. The van der Waals surface area contributed by atoms with Gasteiger partial charge in [0.05, 0.1) is 6.61 Å². The molecule has 86 valence electrons. The van der Waals surface area contributed by atoms with Crippen LogP contribution in [-0.2, 0) is 14.3 Å². The molecule has 1 aliphatic heterocycles. The lowest BCUT2D eigenvalue weighted by Crippen LogP contribution is -2.24. The van der Waals surface area contributed by atoms with E-state index in [4.69, 9.17) is 0 Å². The Kier molecular flexibility index (Phi) is 3.64. The maximum Gasteiger partial charge on any atom is 0.401 e. The first-order valence-corrected chi connectivity index (χ1v) is 5.22. The summed E-state index contributed by atoms with van der Waals surface area (Å²) in [6, 6.07) is 0. The number of alkyl halides is 3. The summed E-state index contributed by atoms with van der Waals surface area (Å²) >= 11 is 0.325. The molecule has 7 heteroatoms. The van der Waals surface area contributed by atoms with E-state index >= 15 is 0 Å². The van der Waals surface area contributed by atoms with E-state index in [1.165, 1.54) is 6.92 Å². The first-order valence-electron chi connectivity index (χ1n) is 4.27. The van der Waals surface area contributed by atoms with Gasteiger partial charge < -0.3 is 4.74 Å². The van der Waals surface area contributed by atoms with Gasteiger partial charge in [0, 0.05) is 6.42 Å². The van der Waals surface area contributed by atoms with Crippen LogP contribution in [0.15, 0.2) is 0 Å². The van der Waals surface area contributed by atoms with Gasteiger partial charge in [0.2, 0.25) is 0 Å². The van der Waals surface area contributed by atoms with E-state index in [0.29, 0.717) is 11.8 Å². The standard InChI is InChI=1S/C8H9F3O3S/c1-2-14-7(13)6-4(12)3-5(15-6)8(9,10)11/h5-6H,2-3H2,1H3. The average molecular weight is 242 g/mol. The van der Waals surface area contributed by atoms with Crippen LogP contribution in [-0.4, -0.2) is 35.0 Å². The Morgan fingerprint density at radius 3 is 2.60 bits per heavy atom. The van der Waals surface area contributed by atoms with E-state index in [1.807, 2.05) is 0 Å². The van der Waals surface area contributed by atoms with Crippen LogP contribution in [0.2, 0.25) is 0 Å². The minimum absolute atomic E-state index is 0.0554. The largest absolute Gasteiger partial charge is 0.465 e. The van der Waals surface area contributed by atoms with Crippen molar-refractivity contribution >= 4 is 23.5 Å². The highest BCUT2D eigenvalue weighted by Gasteiger charge is 2.51. The summed E-state index contributed by atoms with van der Waals surface area (Å²) in [5.74, 6) is -1.58. The van der Waals surface area contributed by atoms with Gasteiger partial charge in [-0.25, -0.2) is 0 Å². The molecule has 0 aromatic rings. The quantitative estimate of drug-likeness (QED) is 0.544. The number of ether oxygens (including phenoxy) is 1. The SMILES string of the molecule is CCOC(=O)C1SC(C(F)(F)F)CC1=O. The van der Waals surface area contributed by atoms with Gasteiger partial charge in [-0.05, 0) is 6.92 Å². The lowest BCUT2D eigenvalue weighted by Gasteiger charge is -2.12. The van der Waals surface area contributed by atoms with Gasteiger partial charge in [0.1, 0.15) is 5.25 Å². The highest BCUT2D eigenvalue weighted by molar-refractivity contribution is 8.02. The van der Waals surface area contributed by atoms with Gasteiger partial charge >= 0.3 is 12.1 Å². The van der Waals surface area contributed by atoms with Crippen LogP contribution in [0.25, 0.3) is 0 Å². The zero-order valence-electron chi connectivity index (χ0n) is 7.84. The van der Waals surface area contributed by atoms with E-state index in [2.05, 4.69) is 4.74 Å². The lowest BCUT2D eigenvalue weighted by molar-refractivity contribution is -0.145. The number of esters is 1. The molecule has 0 bridgehead atoms. The molecular weight excluding hydrogens is 233 g/mol. The fraction of sp³-hybridized carbons (Fsp3) is 0.750. The maximum atomic E-state index is 12.2. The summed E-state index contributed by atoms with van der Waals surface area (Å²) in [6.45, 7) is 1.59. The molecule has 1 rings (SSSR count). The minimum atomic E-state index is -4.44. The molecule has 0 aromatic heterocycles. The van der Waals surface area contributed by atoms with Crippen molar-refractivity contribution in [2.75, 3.05) is 6.61 Å². The third-order valence-electron chi connectivity index (χ3n) is 1.85. The second-order valence-corrected chi connectivity index (χ2v) is 4.28. The Hall–Kier alpha value is -0.720. The molecule has 0 spiro atoms. The average Bonchev–Trinajstić information content (AvgIpc) is 2.47. The van der Waals surface area contributed by atoms with Crippen LogP contribution in [0.5, 0.6) is 0 Å². The van der Waals surface area contributed by atoms with E-state index < -0.39 is 34.8 Å². The summed E-state index contributed by atoms with van der Waals surface area (Å²) in [4.78, 5) is 22.2. The highest BCUT2D eigenvalue weighted by Crippen LogP contribution is 2.41. The van der Waals surface area contributed by atoms with Crippen molar-refractivity contribution in [3.63, 3.8) is 0 Å². The molecule has 0 amide bonds. The fourth-order valence-electron chi connectivity index (χ4n) is 1.18. The van der Waals surface area contributed by atoms with Crippen LogP contribution < -0.4 is 0 Å². The Morgan fingerprint density at radius 2 is 2.20 bits per heavy atom. The van der Waals surface area contributed by atoms with Gasteiger partial charge in [-0.2, -0.15) is 13.2 Å². The molecule has 2 unspecified atom stereocenters. The molecule has 3 nitrogen and oxygen atoms in total. The van der Waals surface area contributed by atoms with Crippen molar-refractivity contribution in [3.8, 4) is 0 Å². The minimum Gasteiger partial charge on any atom is -0.465 e. The molecule has 0 aliphatic carbocycles. The third-order valence-corrected chi connectivity index (χ3v) is 3.34. The lowest BCUT2D eigenvalue weighted by atomic mass is 10.1. The van der Waals surface area contributed by atoms with E-state index in [1.54, 1.807) is 0 Å². The Morgan fingerprint density at radius 1 is 1.60 bits per heavy atom. The van der Waals surface area contributed by atoms with Crippen molar-refractivity contribution in [3.05, 3.63) is 0 Å². The van der Waals surface area contributed by atoms with Crippen LogP contribution in [0.3, 0.4) is 0 Å². The fourth-order valence-corrected chi connectivity index (χ4v) is 2.35. The molecular formula is C8H9F3O3S. The van der Waals surface area contributed by atoms with E-state index in [0.717, 1.165) is 0 Å². The number of carbonyl (C=O) groups is 2. The summed E-state index contributed by atoms with van der Waals surface area (Å²) in [7, 11) is 0. The third kappa shape index (κ3) is 2.87. The molecule has 1 aliphatic rings. The van der Waals surface area contributed by atoms with Crippen LogP contribution in [0.1, 0.15) is 13.3 Å². The Balaban J connectivity index is 2.65. The normalized spacial score (nSPS) is 26.8. The van der Waals surface area contributed by atoms with Crippen LogP contribution in [0, 0.1) is 0 Å². The first kappa shape index (κ1) is 12.4. The van der Waals surface area contributed by atoms with Crippen molar-refractivity contribution < 1.29 is 27.5 Å². The molecule has 15 heavy (non-hydrogen) atoms. The number of rotatable bonds is 2. The summed E-state index contributed by atoms with van der Waals surface area (Å²) in [6.07, 6.45) is -5.08. The second-order valence-electron chi connectivity index (χ2n) is 2.97. The predicted molar refractivity (Wildman–Crippen MR) is 47.5 cm³/mol. The number of hydrogen-bond acceptors (Lipinski definition) is 4. The number of thioether (sulfide) groups is 1. The van der Waals surface area contributed by atoms with Gasteiger partial charge in [-0.15, -0.1) is 11.8 Å². The zero-order chi connectivity index (χ0) is 11.6. The van der Waals surface area contributed by atoms with E-state index in [9.17, 15) is 22.8 Å². The number of halogens is 3. The molecule has 0 radical (unpaired) electrons. The van der Waals surface area contributed by atoms with Gasteiger partial charge in [0.15, 0.2) is 11.0 Å². The van der Waals surface area contributed by atoms with Gasteiger partial charge in [-0.3, -0.25) is 9.59 Å². The van der Waals surface area contributed by atoms with Gasteiger partial charge in [0.25, 0.3) is 0 Å². The molecule has 0 aromatic carbocycles.